The van der Waals surface area contributed by atoms with Crippen LogP contribution in [0.15, 0.2) is 29.6 Å². The van der Waals surface area contributed by atoms with Gasteiger partial charge in [-0.2, -0.15) is 0 Å². The summed E-state index contributed by atoms with van der Waals surface area (Å²) in [7, 11) is 0. The SMILES string of the molecule is Cc1csc(COc2ccc(C(C)(C)C)cc2)n1. The summed E-state index contributed by atoms with van der Waals surface area (Å²) in [5, 5.41) is 3.06. The molecule has 0 aliphatic carbocycles. The molecule has 3 heteroatoms. The first-order valence-electron chi connectivity index (χ1n) is 6.09. The third-order valence-electron chi connectivity index (χ3n) is 2.75. The van der Waals surface area contributed by atoms with Crippen LogP contribution >= 0.6 is 11.3 Å². The smallest absolute Gasteiger partial charge is 0.140 e. The van der Waals surface area contributed by atoms with Crippen LogP contribution in [0.4, 0.5) is 0 Å². The van der Waals surface area contributed by atoms with Crippen LogP contribution in [0, 0.1) is 6.92 Å². The van der Waals surface area contributed by atoms with E-state index in [2.05, 4.69) is 37.9 Å². The van der Waals surface area contributed by atoms with Crippen LogP contribution in [0.3, 0.4) is 0 Å². The summed E-state index contributed by atoms with van der Waals surface area (Å²) in [5.74, 6) is 0.899. The van der Waals surface area contributed by atoms with Crippen LogP contribution in [0.2, 0.25) is 0 Å². The second-order valence-corrected chi connectivity index (χ2v) is 6.39. The maximum absolute atomic E-state index is 5.72. The van der Waals surface area contributed by atoms with Crippen molar-refractivity contribution < 1.29 is 4.74 Å². The Labute approximate surface area is 113 Å². The van der Waals surface area contributed by atoms with Crippen molar-refractivity contribution >= 4 is 11.3 Å². The van der Waals surface area contributed by atoms with E-state index in [9.17, 15) is 0 Å². The predicted octanol–water partition coefficient (Wildman–Crippen LogP) is 4.33. The van der Waals surface area contributed by atoms with Gasteiger partial charge in [-0.25, -0.2) is 4.98 Å². The van der Waals surface area contributed by atoms with E-state index in [1.54, 1.807) is 11.3 Å². The van der Waals surface area contributed by atoms with Gasteiger partial charge in [-0.3, -0.25) is 0 Å². The Morgan fingerprint density at radius 3 is 2.33 bits per heavy atom. The van der Waals surface area contributed by atoms with Gasteiger partial charge in [0.05, 0.1) is 0 Å². The lowest BCUT2D eigenvalue weighted by atomic mass is 9.87. The summed E-state index contributed by atoms with van der Waals surface area (Å²) in [6.45, 7) is 9.18. The van der Waals surface area contributed by atoms with Crippen molar-refractivity contribution in [3.63, 3.8) is 0 Å². The van der Waals surface area contributed by atoms with Gasteiger partial charge in [-0.05, 0) is 30.0 Å². The number of hydrogen-bond donors (Lipinski definition) is 0. The number of aromatic nitrogens is 1. The van der Waals surface area contributed by atoms with E-state index in [1.807, 2.05) is 24.4 Å². The molecule has 0 saturated heterocycles. The lowest BCUT2D eigenvalue weighted by Crippen LogP contribution is -2.10. The van der Waals surface area contributed by atoms with Gasteiger partial charge >= 0.3 is 0 Å². The fourth-order valence-electron chi connectivity index (χ4n) is 1.67. The predicted molar refractivity (Wildman–Crippen MR) is 76.3 cm³/mol. The summed E-state index contributed by atoms with van der Waals surface area (Å²) in [6.07, 6.45) is 0. The summed E-state index contributed by atoms with van der Waals surface area (Å²) in [6, 6.07) is 8.31. The Morgan fingerprint density at radius 1 is 1.17 bits per heavy atom. The molecule has 2 aromatic rings. The lowest BCUT2D eigenvalue weighted by molar-refractivity contribution is 0.305. The second kappa shape index (κ2) is 5.11. The highest BCUT2D eigenvalue weighted by atomic mass is 32.1. The Kier molecular flexibility index (Phi) is 3.71. The highest BCUT2D eigenvalue weighted by molar-refractivity contribution is 7.09. The molecule has 0 unspecified atom stereocenters. The molecule has 0 atom stereocenters. The van der Waals surface area contributed by atoms with Crippen LogP contribution < -0.4 is 4.74 Å². The number of ether oxygens (including phenoxy) is 1. The number of rotatable bonds is 3. The van der Waals surface area contributed by atoms with Crippen molar-refractivity contribution in [2.75, 3.05) is 0 Å². The van der Waals surface area contributed by atoms with Crippen molar-refractivity contribution in [3.05, 3.63) is 45.9 Å². The van der Waals surface area contributed by atoms with E-state index in [4.69, 9.17) is 4.74 Å². The second-order valence-electron chi connectivity index (χ2n) is 5.45. The quantitative estimate of drug-likeness (QED) is 0.820. The maximum atomic E-state index is 5.72. The van der Waals surface area contributed by atoms with E-state index < -0.39 is 0 Å². The van der Waals surface area contributed by atoms with Crippen molar-refractivity contribution in [3.8, 4) is 5.75 Å². The van der Waals surface area contributed by atoms with Crippen molar-refractivity contribution in [1.29, 1.82) is 0 Å². The van der Waals surface area contributed by atoms with Crippen molar-refractivity contribution in [1.82, 2.24) is 4.98 Å². The first kappa shape index (κ1) is 13.1. The van der Waals surface area contributed by atoms with Crippen LogP contribution in [0.5, 0.6) is 5.75 Å². The molecular formula is C15H19NOS. The molecule has 2 rings (SSSR count). The lowest BCUT2D eigenvalue weighted by Gasteiger charge is -2.19. The molecule has 0 spiro atoms. The molecule has 18 heavy (non-hydrogen) atoms. The minimum Gasteiger partial charge on any atom is -0.486 e. The molecular weight excluding hydrogens is 242 g/mol. The number of nitrogens with zero attached hydrogens (tertiary/aromatic N) is 1. The Bertz CT molecular complexity index is 508. The average Bonchev–Trinajstić information content (AvgIpc) is 2.72. The van der Waals surface area contributed by atoms with Gasteiger partial charge in [-0.15, -0.1) is 11.3 Å². The monoisotopic (exact) mass is 261 g/mol. The van der Waals surface area contributed by atoms with E-state index >= 15 is 0 Å². The zero-order valence-corrected chi connectivity index (χ0v) is 12.2. The zero-order chi connectivity index (χ0) is 13.2. The molecule has 1 heterocycles. The normalized spacial score (nSPS) is 11.6. The van der Waals surface area contributed by atoms with Gasteiger partial charge < -0.3 is 4.74 Å². The molecule has 1 aromatic heterocycles. The van der Waals surface area contributed by atoms with E-state index in [0.717, 1.165) is 16.5 Å². The molecule has 0 bridgehead atoms. The molecule has 0 radical (unpaired) electrons. The number of hydrogen-bond acceptors (Lipinski definition) is 3. The number of thiazole rings is 1. The third-order valence-corrected chi connectivity index (χ3v) is 3.69. The van der Waals surface area contributed by atoms with Gasteiger partial charge in [0.25, 0.3) is 0 Å². The van der Waals surface area contributed by atoms with Crippen LogP contribution in [0.25, 0.3) is 0 Å². The fourth-order valence-corrected chi connectivity index (χ4v) is 2.35. The molecule has 2 nitrogen and oxygen atoms in total. The molecule has 0 aliphatic heterocycles. The highest BCUT2D eigenvalue weighted by Crippen LogP contribution is 2.24. The van der Waals surface area contributed by atoms with Crippen molar-refractivity contribution in [2.24, 2.45) is 0 Å². The van der Waals surface area contributed by atoms with Gasteiger partial charge in [0, 0.05) is 11.1 Å². The van der Waals surface area contributed by atoms with Gasteiger partial charge in [0.15, 0.2) is 0 Å². The van der Waals surface area contributed by atoms with Crippen LogP contribution in [-0.2, 0) is 12.0 Å². The minimum absolute atomic E-state index is 0.185. The van der Waals surface area contributed by atoms with Crippen LogP contribution in [-0.4, -0.2) is 4.98 Å². The third kappa shape index (κ3) is 3.33. The van der Waals surface area contributed by atoms with E-state index in [1.165, 1.54) is 5.56 Å². The zero-order valence-electron chi connectivity index (χ0n) is 11.4. The molecule has 0 saturated carbocycles. The fraction of sp³-hybridized carbons (Fsp3) is 0.400. The van der Waals surface area contributed by atoms with Crippen molar-refractivity contribution in [2.45, 2.75) is 39.7 Å². The number of benzene rings is 1. The maximum Gasteiger partial charge on any atom is 0.140 e. The van der Waals surface area contributed by atoms with E-state index in [0.29, 0.717) is 6.61 Å². The van der Waals surface area contributed by atoms with Gasteiger partial charge in [0.2, 0.25) is 0 Å². The average molecular weight is 261 g/mol. The summed E-state index contributed by atoms with van der Waals surface area (Å²) < 4.78 is 5.72. The molecule has 1 aromatic carbocycles. The summed E-state index contributed by atoms with van der Waals surface area (Å²) >= 11 is 1.64. The Hall–Kier alpha value is -1.35. The molecule has 96 valence electrons. The standard InChI is InChI=1S/C15H19NOS/c1-11-10-18-14(16-11)9-17-13-7-5-12(6-8-13)15(2,3)4/h5-8,10H,9H2,1-4H3. The Balaban J connectivity index is 1.98. The van der Waals surface area contributed by atoms with Crippen LogP contribution in [0.1, 0.15) is 37.0 Å². The van der Waals surface area contributed by atoms with E-state index in [-0.39, 0.29) is 5.41 Å². The first-order valence-corrected chi connectivity index (χ1v) is 6.97. The van der Waals surface area contributed by atoms with Gasteiger partial charge in [0.1, 0.15) is 17.4 Å². The first-order chi connectivity index (χ1) is 8.45. The molecule has 0 amide bonds. The number of aryl methyl sites for hydroxylation is 1. The highest BCUT2D eigenvalue weighted by Gasteiger charge is 2.12. The largest absolute Gasteiger partial charge is 0.486 e. The van der Waals surface area contributed by atoms with Gasteiger partial charge in [-0.1, -0.05) is 32.9 Å². The summed E-state index contributed by atoms with van der Waals surface area (Å²) in [5.41, 5.74) is 2.56. The molecule has 0 aliphatic rings. The molecule has 0 fully saturated rings. The summed E-state index contributed by atoms with van der Waals surface area (Å²) in [4.78, 5) is 4.38. The minimum atomic E-state index is 0.185. The topological polar surface area (TPSA) is 22.1 Å². The Morgan fingerprint density at radius 2 is 1.83 bits per heavy atom. The molecule has 0 N–H and O–H groups in total.